The lowest BCUT2D eigenvalue weighted by Crippen LogP contribution is -2.25. The highest BCUT2D eigenvalue weighted by Crippen LogP contribution is 2.05. The molecular formula is C10H22N2O3S. The maximum atomic E-state index is 11.4. The Bertz CT molecular complexity index is 310. The molecule has 0 aliphatic carbocycles. The number of rotatable bonds is 7. The minimum atomic E-state index is -3.08. The Balaban J connectivity index is 3.67. The molecular weight excluding hydrogens is 228 g/mol. The van der Waals surface area contributed by atoms with E-state index >= 15 is 0 Å². The van der Waals surface area contributed by atoms with Gasteiger partial charge in [0.2, 0.25) is 15.9 Å². The summed E-state index contributed by atoms with van der Waals surface area (Å²) in [6.45, 7) is 0. The predicted octanol–water partition coefficient (Wildman–Crippen LogP) is 0.526. The fourth-order valence-corrected chi connectivity index (χ4v) is 2.08. The first-order chi connectivity index (χ1) is 7.27. The van der Waals surface area contributed by atoms with Gasteiger partial charge >= 0.3 is 0 Å². The van der Waals surface area contributed by atoms with E-state index in [2.05, 4.69) is 0 Å². The summed E-state index contributed by atoms with van der Waals surface area (Å²) in [5, 5.41) is 0. The molecule has 0 aliphatic rings. The maximum absolute atomic E-state index is 11.4. The molecule has 96 valence electrons. The van der Waals surface area contributed by atoms with Crippen LogP contribution in [0.2, 0.25) is 0 Å². The van der Waals surface area contributed by atoms with Crippen molar-refractivity contribution in [2.24, 2.45) is 0 Å². The minimum absolute atomic E-state index is 0.0930. The Labute approximate surface area is 98.5 Å². The maximum Gasteiger partial charge on any atom is 0.222 e. The summed E-state index contributed by atoms with van der Waals surface area (Å²) in [4.78, 5) is 12.8. The lowest BCUT2D eigenvalue weighted by Gasteiger charge is -2.11. The SMILES string of the molecule is CN(C)C(=O)CCCCCS(=O)(=O)N(C)C. The van der Waals surface area contributed by atoms with Gasteiger partial charge < -0.3 is 4.90 Å². The summed E-state index contributed by atoms with van der Waals surface area (Å²) in [5.74, 6) is 0.256. The van der Waals surface area contributed by atoms with Gasteiger partial charge in [0.1, 0.15) is 0 Å². The van der Waals surface area contributed by atoms with Gasteiger partial charge in [-0.2, -0.15) is 0 Å². The first-order valence-electron chi connectivity index (χ1n) is 5.37. The lowest BCUT2D eigenvalue weighted by atomic mass is 10.2. The second-order valence-electron chi connectivity index (χ2n) is 4.20. The van der Waals surface area contributed by atoms with E-state index in [1.54, 1.807) is 19.0 Å². The predicted molar refractivity (Wildman–Crippen MR) is 64.6 cm³/mol. The second kappa shape index (κ2) is 6.85. The molecule has 0 saturated heterocycles. The van der Waals surface area contributed by atoms with Crippen LogP contribution in [-0.4, -0.2) is 57.5 Å². The van der Waals surface area contributed by atoms with Gasteiger partial charge in [-0.25, -0.2) is 12.7 Å². The second-order valence-corrected chi connectivity index (χ2v) is 6.50. The normalized spacial score (nSPS) is 11.8. The van der Waals surface area contributed by atoms with Crippen molar-refractivity contribution in [3.8, 4) is 0 Å². The number of hydrogen-bond acceptors (Lipinski definition) is 3. The van der Waals surface area contributed by atoms with Crippen LogP contribution in [0.1, 0.15) is 25.7 Å². The molecule has 0 aromatic heterocycles. The largest absolute Gasteiger partial charge is 0.349 e. The molecule has 0 spiro atoms. The number of sulfonamides is 1. The smallest absolute Gasteiger partial charge is 0.222 e. The van der Waals surface area contributed by atoms with Gasteiger partial charge in [0.15, 0.2) is 0 Å². The number of amides is 1. The first kappa shape index (κ1) is 15.4. The van der Waals surface area contributed by atoms with Gasteiger partial charge in [0, 0.05) is 34.6 Å². The first-order valence-corrected chi connectivity index (χ1v) is 6.98. The van der Waals surface area contributed by atoms with Crippen molar-refractivity contribution < 1.29 is 13.2 Å². The molecule has 0 radical (unpaired) electrons. The van der Waals surface area contributed by atoms with E-state index in [9.17, 15) is 13.2 Å². The highest BCUT2D eigenvalue weighted by Gasteiger charge is 2.12. The number of carbonyl (C=O) groups is 1. The monoisotopic (exact) mass is 250 g/mol. The zero-order valence-corrected chi connectivity index (χ0v) is 11.4. The third kappa shape index (κ3) is 6.07. The van der Waals surface area contributed by atoms with Crippen LogP contribution in [0.4, 0.5) is 0 Å². The van der Waals surface area contributed by atoms with E-state index in [4.69, 9.17) is 0 Å². The van der Waals surface area contributed by atoms with Crippen LogP contribution >= 0.6 is 0 Å². The molecule has 16 heavy (non-hydrogen) atoms. The van der Waals surface area contributed by atoms with Crippen LogP contribution in [0.25, 0.3) is 0 Å². The van der Waals surface area contributed by atoms with Crippen LogP contribution in [0, 0.1) is 0 Å². The van der Waals surface area contributed by atoms with Gasteiger partial charge in [0.25, 0.3) is 0 Å². The molecule has 0 bridgehead atoms. The van der Waals surface area contributed by atoms with E-state index in [1.165, 1.54) is 18.4 Å². The number of unbranched alkanes of at least 4 members (excludes halogenated alkanes) is 2. The van der Waals surface area contributed by atoms with Crippen LogP contribution in [0.15, 0.2) is 0 Å². The fraction of sp³-hybridized carbons (Fsp3) is 0.900. The molecule has 0 rings (SSSR count). The van der Waals surface area contributed by atoms with Crippen molar-refractivity contribution in [3.63, 3.8) is 0 Å². The summed E-state index contributed by atoms with van der Waals surface area (Å²) in [6, 6.07) is 0. The third-order valence-corrected chi connectivity index (χ3v) is 4.27. The van der Waals surface area contributed by atoms with Crippen molar-refractivity contribution >= 4 is 15.9 Å². The molecule has 0 aliphatic heterocycles. The lowest BCUT2D eigenvalue weighted by molar-refractivity contribution is -0.128. The topological polar surface area (TPSA) is 57.7 Å². The summed E-state index contributed by atoms with van der Waals surface area (Å²) in [6.07, 6.45) is 2.63. The molecule has 0 N–H and O–H groups in total. The van der Waals surface area contributed by atoms with Crippen molar-refractivity contribution in [1.29, 1.82) is 0 Å². The average Bonchev–Trinajstić information content (AvgIpc) is 2.16. The number of carbonyl (C=O) groups excluding carboxylic acids is 1. The minimum Gasteiger partial charge on any atom is -0.349 e. The Morgan fingerprint density at radius 3 is 2.00 bits per heavy atom. The Morgan fingerprint density at radius 2 is 1.56 bits per heavy atom. The molecule has 5 nitrogen and oxygen atoms in total. The number of hydrogen-bond donors (Lipinski definition) is 0. The van der Waals surface area contributed by atoms with Gasteiger partial charge in [-0.1, -0.05) is 6.42 Å². The zero-order chi connectivity index (χ0) is 12.8. The third-order valence-electron chi connectivity index (χ3n) is 2.35. The average molecular weight is 250 g/mol. The molecule has 6 heteroatoms. The van der Waals surface area contributed by atoms with Crippen LogP contribution in [-0.2, 0) is 14.8 Å². The summed E-state index contributed by atoms with van der Waals surface area (Å²) >= 11 is 0. The van der Waals surface area contributed by atoms with E-state index in [0.717, 1.165) is 12.8 Å². The van der Waals surface area contributed by atoms with E-state index in [-0.39, 0.29) is 11.7 Å². The van der Waals surface area contributed by atoms with E-state index in [0.29, 0.717) is 12.8 Å². The highest BCUT2D eigenvalue weighted by atomic mass is 32.2. The molecule has 0 fully saturated rings. The Morgan fingerprint density at radius 1 is 1.00 bits per heavy atom. The molecule has 0 heterocycles. The van der Waals surface area contributed by atoms with Gasteiger partial charge in [-0.05, 0) is 12.8 Å². The van der Waals surface area contributed by atoms with Gasteiger partial charge in [-0.15, -0.1) is 0 Å². The quantitative estimate of drug-likeness (QED) is 0.619. The van der Waals surface area contributed by atoms with Gasteiger partial charge in [-0.3, -0.25) is 4.79 Å². The summed E-state index contributed by atoms with van der Waals surface area (Å²) in [7, 11) is 3.43. The highest BCUT2D eigenvalue weighted by molar-refractivity contribution is 7.89. The van der Waals surface area contributed by atoms with Crippen LogP contribution < -0.4 is 0 Å². The van der Waals surface area contributed by atoms with Crippen LogP contribution in [0.5, 0.6) is 0 Å². The molecule has 0 aromatic rings. The Kier molecular flexibility index (Phi) is 6.59. The molecule has 0 aromatic carbocycles. The standard InChI is InChI=1S/C10H22N2O3S/c1-11(2)10(13)8-6-5-7-9-16(14,15)12(3)4/h5-9H2,1-4H3. The fourth-order valence-electron chi connectivity index (χ4n) is 1.14. The van der Waals surface area contributed by atoms with Crippen LogP contribution in [0.3, 0.4) is 0 Å². The van der Waals surface area contributed by atoms with Crippen molar-refractivity contribution in [1.82, 2.24) is 9.21 Å². The molecule has 0 atom stereocenters. The Hall–Kier alpha value is -0.620. The molecule has 0 saturated carbocycles. The molecule has 0 unspecified atom stereocenters. The van der Waals surface area contributed by atoms with Crippen molar-refractivity contribution in [3.05, 3.63) is 0 Å². The summed E-state index contributed by atoms with van der Waals surface area (Å²) in [5.41, 5.74) is 0. The van der Waals surface area contributed by atoms with E-state index < -0.39 is 10.0 Å². The zero-order valence-electron chi connectivity index (χ0n) is 10.6. The molecule has 1 amide bonds. The van der Waals surface area contributed by atoms with Crippen molar-refractivity contribution in [2.45, 2.75) is 25.7 Å². The number of nitrogens with zero attached hydrogens (tertiary/aromatic N) is 2. The van der Waals surface area contributed by atoms with E-state index in [1.807, 2.05) is 0 Å². The van der Waals surface area contributed by atoms with Gasteiger partial charge in [0.05, 0.1) is 5.75 Å². The summed E-state index contributed by atoms with van der Waals surface area (Å²) < 4.78 is 24.0. The van der Waals surface area contributed by atoms with Crippen molar-refractivity contribution in [2.75, 3.05) is 33.9 Å².